The fraction of sp³-hybridized carbons (Fsp3) is 0.105. The number of hydrogen-bond acceptors (Lipinski definition) is 4. The normalized spacial score (nSPS) is 10.4. The van der Waals surface area contributed by atoms with Crippen LogP contribution in [0.3, 0.4) is 0 Å². The van der Waals surface area contributed by atoms with Crippen LogP contribution in [0.15, 0.2) is 64.3 Å². The maximum absolute atomic E-state index is 12.7. The highest BCUT2D eigenvalue weighted by atomic mass is 16.5. The van der Waals surface area contributed by atoms with Gasteiger partial charge in [0.15, 0.2) is 0 Å². The van der Waals surface area contributed by atoms with Gasteiger partial charge in [0.1, 0.15) is 11.3 Å². The van der Waals surface area contributed by atoms with Gasteiger partial charge in [-0.15, -0.1) is 0 Å². The van der Waals surface area contributed by atoms with Gasteiger partial charge in [0, 0.05) is 18.0 Å². The number of H-pyrrole nitrogens is 1. The molecular weight excluding hydrogens is 334 g/mol. The lowest BCUT2D eigenvalue weighted by Crippen LogP contribution is -2.38. The van der Waals surface area contributed by atoms with Gasteiger partial charge in [0.2, 0.25) is 0 Å². The van der Waals surface area contributed by atoms with E-state index in [1.807, 2.05) is 19.1 Å². The van der Waals surface area contributed by atoms with Crippen molar-refractivity contribution >= 4 is 11.6 Å². The van der Waals surface area contributed by atoms with Gasteiger partial charge in [0.25, 0.3) is 11.5 Å². The summed E-state index contributed by atoms with van der Waals surface area (Å²) in [5.41, 5.74) is 0.232. The van der Waals surface area contributed by atoms with Crippen molar-refractivity contribution < 1.29 is 9.53 Å². The number of carbonyl (C=O) groups is 1. The van der Waals surface area contributed by atoms with Crippen LogP contribution in [0.5, 0.6) is 5.75 Å². The van der Waals surface area contributed by atoms with Crippen molar-refractivity contribution in [1.29, 1.82) is 0 Å². The fourth-order valence-electron chi connectivity index (χ4n) is 2.52. The highest BCUT2D eigenvalue weighted by Crippen LogP contribution is 2.15. The van der Waals surface area contributed by atoms with Crippen LogP contribution in [0.2, 0.25) is 0 Å². The number of ether oxygens (including phenoxy) is 1. The van der Waals surface area contributed by atoms with Gasteiger partial charge in [-0.1, -0.05) is 24.3 Å². The standard InChI is InChI=1S/C19H17N3O4/c1-12-6-3-4-9-16(12)21-17(23)15-11-20-19(25)22(18(15)24)13-7-5-8-14(10-13)26-2/h3-11H,1-2H3,(H,20,25)(H,21,23). The van der Waals surface area contributed by atoms with E-state index in [4.69, 9.17) is 4.74 Å². The van der Waals surface area contributed by atoms with E-state index in [9.17, 15) is 14.4 Å². The number of benzene rings is 2. The molecule has 7 nitrogen and oxygen atoms in total. The molecule has 0 saturated carbocycles. The zero-order valence-electron chi connectivity index (χ0n) is 14.3. The van der Waals surface area contributed by atoms with Crippen molar-refractivity contribution in [3.8, 4) is 11.4 Å². The highest BCUT2D eigenvalue weighted by Gasteiger charge is 2.16. The van der Waals surface area contributed by atoms with Crippen molar-refractivity contribution in [1.82, 2.24) is 9.55 Å². The van der Waals surface area contributed by atoms with Crippen molar-refractivity contribution in [2.24, 2.45) is 0 Å². The van der Waals surface area contributed by atoms with Crippen LogP contribution < -0.4 is 21.3 Å². The summed E-state index contributed by atoms with van der Waals surface area (Å²) in [5, 5.41) is 2.69. The predicted molar refractivity (Wildman–Crippen MR) is 98.3 cm³/mol. The molecule has 1 amide bonds. The number of anilines is 1. The van der Waals surface area contributed by atoms with Crippen LogP contribution >= 0.6 is 0 Å². The summed E-state index contributed by atoms with van der Waals surface area (Å²) in [6, 6.07) is 13.7. The van der Waals surface area contributed by atoms with Gasteiger partial charge in [-0.05, 0) is 30.7 Å². The minimum absolute atomic E-state index is 0.171. The van der Waals surface area contributed by atoms with Crippen LogP contribution in [-0.4, -0.2) is 22.6 Å². The van der Waals surface area contributed by atoms with E-state index in [1.165, 1.54) is 7.11 Å². The number of nitrogens with one attached hydrogen (secondary N) is 2. The highest BCUT2D eigenvalue weighted by molar-refractivity contribution is 6.04. The van der Waals surface area contributed by atoms with Crippen LogP contribution in [0.25, 0.3) is 5.69 Å². The molecule has 1 aromatic heterocycles. The van der Waals surface area contributed by atoms with E-state index < -0.39 is 17.2 Å². The lowest BCUT2D eigenvalue weighted by atomic mass is 10.2. The summed E-state index contributed by atoms with van der Waals surface area (Å²) in [6.45, 7) is 1.84. The topological polar surface area (TPSA) is 93.2 Å². The van der Waals surface area contributed by atoms with Gasteiger partial charge in [0.05, 0.1) is 12.8 Å². The maximum atomic E-state index is 12.7. The smallest absolute Gasteiger partial charge is 0.333 e. The minimum Gasteiger partial charge on any atom is -0.497 e. The summed E-state index contributed by atoms with van der Waals surface area (Å²) < 4.78 is 6.02. The molecule has 2 N–H and O–H groups in total. The third kappa shape index (κ3) is 3.27. The van der Waals surface area contributed by atoms with Crippen molar-refractivity contribution in [3.63, 3.8) is 0 Å². The first-order valence-corrected chi connectivity index (χ1v) is 7.87. The van der Waals surface area contributed by atoms with Crippen LogP contribution in [-0.2, 0) is 0 Å². The molecule has 0 bridgehead atoms. The van der Waals surface area contributed by atoms with E-state index in [1.54, 1.807) is 36.4 Å². The van der Waals surface area contributed by atoms with Gasteiger partial charge in [-0.3, -0.25) is 9.59 Å². The molecule has 0 spiro atoms. The van der Waals surface area contributed by atoms with Crippen LogP contribution in [0.4, 0.5) is 5.69 Å². The molecule has 2 aromatic carbocycles. The van der Waals surface area contributed by atoms with Crippen LogP contribution in [0.1, 0.15) is 15.9 Å². The Morgan fingerprint density at radius 3 is 2.62 bits per heavy atom. The monoisotopic (exact) mass is 351 g/mol. The number of rotatable bonds is 4. The molecule has 7 heteroatoms. The van der Waals surface area contributed by atoms with E-state index in [0.717, 1.165) is 16.3 Å². The lowest BCUT2D eigenvalue weighted by Gasteiger charge is -2.10. The Balaban J connectivity index is 2.05. The Labute approximate surface area is 148 Å². The molecular formula is C19H17N3O4. The second-order valence-electron chi connectivity index (χ2n) is 5.62. The molecule has 0 fully saturated rings. The second kappa shape index (κ2) is 7.10. The first-order chi connectivity index (χ1) is 12.5. The first-order valence-electron chi connectivity index (χ1n) is 7.87. The molecule has 3 rings (SSSR count). The Hall–Kier alpha value is -3.61. The molecule has 0 atom stereocenters. The number of nitrogens with zero attached hydrogens (tertiary/aromatic N) is 1. The zero-order chi connectivity index (χ0) is 18.7. The molecule has 0 aliphatic rings. The SMILES string of the molecule is COc1cccc(-n2c(=O)[nH]cc(C(=O)Nc3ccccc3C)c2=O)c1. The fourth-order valence-corrected chi connectivity index (χ4v) is 2.52. The molecule has 26 heavy (non-hydrogen) atoms. The number of methoxy groups -OCH3 is 1. The number of hydrogen-bond donors (Lipinski definition) is 2. The summed E-state index contributed by atoms with van der Waals surface area (Å²) in [4.78, 5) is 39.9. The predicted octanol–water partition coefficient (Wildman–Crippen LogP) is 2.10. The second-order valence-corrected chi connectivity index (χ2v) is 5.62. The summed E-state index contributed by atoms with van der Waals surface area (Å²) in [5.74, 6) is -0.110. The Bertz CT molecular complexity index is 1080. The van der Waals surface area contributed by atoms with E-state index in [-0.39, 0.29) is 5.56 Å². The van der Waals surface area contributed by atoms with E-state index >= 15 is 0 Å². The molecule has 3 aromatic rings. The summed E-state index contributed by atoms with van der Waals surface area (Å²) >= 11 is 0. The summed E-state index contributed by atoms with van der Waals surface area (Å²) in [7, 11) is 1.48. The molecule has 0 unspecified atom stereocenters. The summed E-state index contributed by atoms with van der Waals surface area (Å²) in [6.07, 6.45) is 1.12. The molecule has 0 radical (unpaired) electrons. The van der Waals surface area contributed by atoms with Gasteiger partial charge in [-0.2, -0.15) is 0 Å². The first kappa shape index (κ1) is 17.2. The van der Waals surface area contributed by atoms with E-state index in [0.29, 0.717) is 17.1 Å². The number of aromatic nitrogens is 2. The minimum atomic E-state index is -0.715. The van der Waals surface area contributed by atoms with Gasteiger partial charge in [-0.25, -0.2) is 9.36 Å². The number of aryl methyl sites for hydroxylation is 1. The molecule has 132 valence electrons. The number of para-hydroxylation sites is 1. The third-order valence-corrected chi connectivity index (χ3v) is 3.93. The van der Waals surface area contributed by atoms with Crippen molar-refractivity contribution in [2.75, 3.05) is 12.4 Å². The van der Waals surface area contributed by atoms with Crippen molar-refractivity contribution in [2.45, 2.75) is 6.92 Å². The van der Waals surface area contributed by atoms with Crippen molar-refractivity contribution in [3.05, 3.63) is 86.7 Å². The van der Waals surface area contributed by atoms with Crippen LogP contribution in [0, 0.1) is 6.92 Å². The third-order valence-electron chi connectivity index (χ3n) is 3.93. The zero-order valence-corrected chi connectivity index (χ0v) is 14.3. The Morgan fingerprint density at radius 2 is 1.88 bits per heavy atom. The largest absolute Gasteiger partial charge is 0.497 e. The number of aromatic amines is 1. The van der Waals surface area contributed by atoms with E-state index in [2.05, 4.69) is 10.3 Å². The molecule has 1 heterocycles. The number of amides is 1. The Morgan fingerprint density at radius 1 is 1.12 bits per heavy atom. The molecule has 0 aliphatic carbocycles. The molecule has 0 aliphatic heterocycles. The average molecular weight is 351 g/mol. The maximum Gasteiger partial charge on any atom is 0.333 e. The van der Waals surface area contributed by atoms with Gasteiger partial charge >= 0.3 is 5.69 Å². The lowest BCUT2D eigenvalue weighted by molar-refractivity contribution is 0.102. The number of carbonyl (C=O) groups excluding carboxylic acids is 1. The average Bonchev–Trinajstić information content (AvgIpc) is 2.64. The molecule has 0 saturated heterocycles. The quantitative estimate of drug-likeness (QED) is 0.753. The van der Waals surface area contributed by atoms with Gasteiger partial charge < -0.3 is 15.0 Å². The Kier molecular flexibility index (Phi) is 4.70.